The standard InChI is InChI=1S/C17H20O3/c1-13(18)5-6-14-7-9-15(10-8-14)11-12-16(19)20-17(2,3)4/h5-12H,1-4H3/b6-5+,12-11+. The second-order valence-electron chi connectivity index (χ2n) is 5.48. The van der Waals surface area contributed by atoms with Gasteiger partial charge in [-0.05, 0) is 51.0 Å². The highest BCUT2D eigenvalue weighted by Crippen LogP contribution is 2.10. The predicted molar refractivity (Wildman–Crippen MR) is 81.0 cm³/mol. The summed E-state index contributed by atoms with van der Waals surface area (Å²) >= 11 is 0. The molecule has 0 unspecified atom stereocenters. The van der Waals surface area contributed by atoms with Gasteiger partial charge in [-0.2, -0.15) is 0 Å². The molecule has 0 N–H and O–H groups in total. The molecule has 106 valence electrons. The van der Waals surface area contributed by atoms with Crippen LogP contribution in [0.2, 0.25) is 0 Å². The van der Waals surface area contributed by atoms with E-state index in [1.165, 1.54) is 19.1 Å². The van der Waals surface area contributed by atoms with Crippen molar-refractivity contribution in [1.29, 1.82) is 0 Å². The zero-order chi connectivity index (χ0) is 15.2. The zero-order valence-electron chi connectivity index (χ0n) is 12.3. The quantitative estimate of drug-likeness (QED) is 0.620. The van der Waals surface area contributed by atoms with Crippen molar-refractivity contribution < 1.29 is 14.3 Å². The third-order valence-electron chi connectivity index (χ3n) is 2.27. The van der Waals surface area contributed by atoms with Gasteiger partial charge in [-0.25, -0.2) is 4.79 Å². The highest BCUT2D eigenvalue weighted by molar-refractivity contribution is 5.91. The molecule has 0 amide bonds. The number of hydrogen-bond acceptors (Lipinski definition) is 3. The summed E-state index contributed by atoms with van der Waals surface area (Å²) in [6.45, 7) is 6.99. The third kappa shape index (κ3) is 6.69. The van der Waals surface area contributed by atoms with E-state index in [1.54, 1.807) is 12.2 Å². The fourth-order valence-corrected chi connectivity index (χ4v) is 1.43. The summed E-state index contributed by atoms with van der Waals surface area (Å²) in [7, 11) is 0. The smallest absolute Gasteiger partial charge is 0.331 e. The summed E-state index contributed by atoms with van der Waals surface area (Å²) in [4.78, 5) is 22.3. The molecule has 0 aliphatic carbocycles. The van der Waals surface area contributed by atoms with Gasteiger partial charge in [0.1, 0.15) is 5.60 Å². The molecule has 0 bridgehead atoms. The number of carbonyl (C=O) groups is 2. The van der Waals surface area contributed by atoms with E-state index in [9.17, 15) is 9.59 Å². The van der Waals surface area contributed by atoms with Crippen molar-refractivity contribution in [3.63, 3.8) is 0 Å². The lowest BCUT2D eigenvalue weighted by atomic mass is 10.1. The van der Waals surface area contributed by atoms with E-state index in [0.29, 0.717) is 0 Å². The highest BCUT2D eigenvalue weighted by Gasteiger charge is 2.13. The summed E-state index contributed by atoms with van der Waals surface area (Å²) in [5.74, 6) is -0.350. The zero-order valence-corrected chi connectivity index (χ0v) is 12.3. The minimum Gasteiger partial charge on any atom is -0.457 e. The van der Waals surface area contributed by atoms with Crippen molar-refractivity contribution in [2.75, 3.05) is 0 Å². The molecule has 3 heteroatoms. The molecule has 0 saturated heterocycles. The van der Waals surface area contributed by atoms with Crippen molar-refractivity contribution in [2.45, 2.75) is 33.3 Å². The second kappa shape index (κ2) is 6.85. The Labute approximate surface area is 120 Å². The molecule has 20 heavy (non-hydrogen) atoms. The van der Waals surface area contributed by atoms with Crippen LogP contribution in [0.4, 0.5) is 0 Å². The third-order valence-corrected chi connectivity index (χ3v) is 2.27. The Morgan fingerprint density at radius 2 is 1.40 bits per heavy atom. The average molecular weight is 272 g/mol. The number of hydrogen-bond donors (Lipinski definition) is 0. The molecule has 0 radical (unpaired) electrons. The van der Waals surface area contributed by atoms with Gasteiger partial charge in [0.15, 0.2) is 5.78 Å². The molecule has 0 saturated carbocycles. The van der Waals surface area contributed by atoms with E-state index in [1.807, 2.05) is 45.0 Å². The lowest BCUT2D eigenvalue weighted by Crippen LogP contribution is -2.22. The van der Waals surface area contributed by atoms with Gasteiger partial charge < -0.3 is 4.74 Å². The van der Waals surface area contributed by atoms with Crippen molar-refractivity contribution in [2.24, 2.45) is 0 Å². The van der Waals surface area contributed by atoms with E-state index in [-0.39, 0.29) is 11.8 Å². The summed E-state index contributed by atoms with van der Waals surface area (Å²) in [5.41, 5.74) is 1.36. The number of esters is 1. The largest absolute Gasteiger partial charge is 0.457 e. The van der Waals surface area contributed by atoms with Crippen molar-refractivity contribution in [3.8, 4) is 0 Å². The van der Waals surface area contributed by atoms with Crippen LogP contribution in [0.15, 0.2) is 36.4 Å². The van der Waals surface area contributed by atoms with Crippen LogP contribution in [0.3, 0.4) is 0 Å². The number of ketones is 1. The van der Waals surface area contributed by atoms with Crippen LogP contribution >= 0.6 is 0 Å². The normalized spacial score (nSPS) is 12.0. The first-order valence-electron chi connectivity index (χ1n) is 6.46. The summed E-state index contributed by atoms with van der Waals surface area (Å²) in [6, 6.07) is 7.52. The number of carbonyl (C=O) groups excluding carboxylic acids is 2. The molecule has 0 spiro atoms. The van der Waals surface area contributed by atoms with Gasteiger partial charge in [0.05, 0.1) is 0 Å². The van der Waals surface area contributed by atoms with E-state index >= 15 is 0 Å². The number of benzene rings is 1. The van der Waals surface area contributed by atoms with Crippen molar-refractivity contribution in [3.05, 3.63) is 47.5 Å². The predicted octanol–water partition coefficient (Wildman–Crippen LogP) is 3.64. The van der Waals surface area contributed by atoms with Crippen molar-refractivity contribution in [1.82, 2.24) is 0 Å². The monoisotopic (exact) mass is 272 g/mol. The highest BCUT2D eigenvalue weighted by atomic mass is 16.6. The Bertz CT molecular complexity index is 528. The molecular weight excluding hydrogens is 252 g/mol. The summed E-state index contributed by atoms with van der Waals surface area (Å²) in [6.07, 6.45) is 6.38. The molecule has 1 aromatic carbocycles. The second-order valence-corrected chi connectivity index (χ2v) is 5.48. The van der Waals surface area contributed by atoms with Crippen LogP contribution < -0.4 is 0 Å². The topological polar surface area (TPSA) is 43.4 Å². The SMILES string of the molecule is CC(=O)/C=C/c1ccc(/C=C/C(=O)OC(C)(C)C)cc1. The number of allylic oxidation sites excluding steroid dienone is 1. The van der Waals surface area contributed by atoms with Crippen LogP contribution in [-0.2, 0) is 14.3 Å². The maximum absolute atomic E-state index is 11.5. The molecule has 0 aromatic heterocycles. The van der Waals surface area contributed by atoms with Crippen LogP contribution in [0.5, 0.6) is 0 Å². The van der Waals surface area contributed by atoms with Gasteiger partial charge in [-0.15, -0.1) is 0 Å². The molecule has 1 aromatic rings. The fourth-order valence-electron chi connectivity index (χ4n) is 1.43. The van der Waals surface area contributed by atoms with Crippen molar-refractivity contribution >= 4 is 23.9 Å². The van der Waals surface area contributed by atoms with E-state index in [2.05, 4.69) is 0 Å². The molecule has 3 nitrogen and oxygen atoms in total. The van der Waals surface area contributed by atoms with Crippen LogP contribution in [0, 0.1) is 0 Å². The average Bonchev–Trinajstić information content (AvgIpc) is 2.33. The number of ether oxygens (including phenoxy) is 1. The van der Waals surface area contributed by atoms with Crippen LogP contribution in [-0.4, -0.2) is 17.4 Å². The Balaban J connectivity index is 2.66. The first-order valence-corrected chi connectivity index (χ1v) is 6.46. The maximum Gasteiger partial charge on any atom is 0.331 e. The minimum absolute atomic E-state index is 0.0129. The van der Waals surface area contributed by atoms with Gasteiger partial charge >= 0.3 is 5.97 Å². The molecule has 0 aliphatic heterocycles. The van der Waals surface area contributed by atoms with E-state index in [4.69, 9.17) is 4.74 Å². The summed E-state index contributed by atoms with van der Waals surface area (Å²) < 4.78 is 5.17. The molecule has 0 aliphatic rings. The first-order chi connectivity index (χ1) is 9.26. The van der Waals surface area contributed by atoms with Gasteiger partial charge in [0.25, 0.3) is 0 Å². The molecule has 0 fully saturated rings. The van der Waals surface area contributed by atoms with Gasteiger partial charge in [-0.3, -0.25) is 4.79 Å². The Morgan fingerprint density at radius 3 is 1.80 bits per heavy atom. The van der Waals surface area contributed by atoms with Crippen LogP contribution in [0.1, 0.15) is 38.8 Å². The number of rotatable bonds is 4. The lowest BCUT2D eigenvalue weighted by Gasteiger charge is -2.17. The maximum atomic E-state index is 11.5. The minimum atomic E-state index is -0.483. The lowest BCUT2D eigenvalue weighted by molar-refractivity contribution is -0.148. The first kappa shape index (κ1) is 15.9. The van der Waals surface area contributed by atoms with Gasteiger partial charge in [0.2, 0.25) is 0 Å². The molecule has 1 rings (SSSR count). The van der Waals surface area contributed by atoms with Gasteiger partial charge in [0, 0.05) is 6.08 Å². The fraction of sp³-hybridized carbons (Fsp3) is 0.294. The Hall–Kier alpha value is -2.16. The van der Waals surface area contributed by atoms with Gasteiger partial charge in [-0.1, -0.05) is 30.3 Å². The Kier molecular flexibility index (Phi) is 5.44. The summed E-state index contributed by atoms with van der Waals surface area (Å²) in [5, 5.41) is 0. The molecular formula is C17H20O3. The Morgan fingerprint density at radius 1 is 0.950 bits per heavy atom. The van der Waals surface area contributed by atoms with E-state index in [0.717, 1.165) is 11.1 Å². The molecule has 0 heterocycles. The molecule has 0 atom stereocenters. The van der Waals surface area contributed by atoms with Crippen LogP contribution in [0.25, 0.3) is 12.2 Å². The van der Waals surface area contributed by atoms with E-state index < -0.39 is 5.60 Å².